The molecular formula is C22H17N3O5S. The Balaban J connectivity index is 1.72. The van der Waals surface area contributed by atoms with Gasteiger partial charge in [0.25, 0.3) is 15.9 Å². The monoisotopic (exact) mass is 435 g/mol. The Morgan fingerprint density at radius 2 is 1.90 bits per heavy atom. The van der Waals surface area contributed by atoms with Gasteiger partial charge in [-0.15, -0.1) is 0 Å². The van der Waals surface area contributed by atoms with Crippen molar-refractivity contribution < 1.29 is 22.4 Å². The average Bonchev–Trinajstić information content (AvgIpc) is 3.39. The maximum atomic E-state index is 13.1. The number of methoxy groups -OCH3 is 1. The summed E-state index contributed by atoms with van der Waals surface area (Å²) >= 11 is 0. The fourth-order valence-electron chi connectivity index (χ4n) is 3.74. The van der Waals surface area contributed by atoms with Gasteiger partial charge >= 0.3 is 0 Å². The van der Waals surface area contributed by atoms with E-state index in [1.165, 1.54) is 24.3 Å². The smallest absolute Gasteiger partial charge is 0.265 e. The van der Waals surface area contributed by atoms with Crippen LogP contribution in [-0.2, 0) is 10.0 Å². The molecule has 1 aliphatic heterocycles. The molecule has 31 heavy (non-hydrogen) atoms. The number of carbonyl (C=O) groups excluding carboxylic acids is 1. The van der Waals surface area contributed by atoms with Gasteiger partial charge in [-0.3, -0.25) is 9.52 Å². The van der Waals surface area contributed by atoms with Gasteiger partial charge in [0.05, 0.1) is 35.8 Å². The Morgan fingerprint density at radius 1 is 1.10 bits per heavy atom. The zero-order valence-electron chi connectivity index (χ0n) is 16.6. The molecule has 1 aliphatic rings. The molecule has 0 atom stereocenters. The summed E-state index contributed by atoms with van der Waals surface area (Å²) in [5.41, 5.74) is 2.15. The summed E-state index contributed by atoms with van der Waals surface area (Å²) in [5, 5.41) is 0.586. The predicted octanol–water partition coefficient (Wildman–Crippen LogP) is 3.89. The van der Waals surface area contributed by atoms with Crippen LogP contribution in [0.3, 0.4) is 0 Å². The molecule has 5 rings (SSSR count). The van der Waals surface area contributed by atoms with E-state index in [1.54, 1.807) is 55.6 Å². The molecule has 0 bridgehead atoms. The third-order valence-electron chi connectivity index (χ3n) is 5.21. The molecule has 1 N–H and O–H groups in total. The van der Waals surface area contributed by atoms with E-state index in [9.17, 15) is 13.2 Å². The minimum atomic E-state index is -3.98. The molecule has 0 unspecified atom stereocenters. The lowest BCUT2D eigenvalue weighted by Gasteiger charge is -2.14. The minimum absolute atomic E-state index is 0.000190. The summed E-state index contributed by atoms with van der Waals surface area (Å²) in [7, 11) is -0.906. The number of nitrogens with one attached hydrogen (secondary N) is 1. The van der Waals surface area contributed by atoms with Crippen molar-refractivity contribution in [1.82, 2.24) is 4.98 Å². The van der Waals surface area contributed by atoms with Crippen molar-refractivity contribution >= 4 is 38.2 Å². The fourth-order valence-corrected chi connectivity index (χ4v) is 4.97. The number of hydrogen-bond acceptors (Lipinski definition) is 6. The minimum Gasteiger partial charge on any atom is -0.495 e. The standard InChI is InChI=1S/C22H17N3O5S/c1-25-16-10-9-14(24-31(27,28)19-8-4-3-6-18(19)29-2)21-20(16)13(22(25)26)12-15(23-21)17-7-5-11-30-17/h3-12,24H,1-2H3. The molecule has 1 amide bonds. The molecular weight excluding hydrogens is 418 g/mol. The van der Waals surface area contributed by atoms with E-state index in [0.29, 0.717) is 33.6 Å². The van der Waals surface area contributed by atoms with Crippen molar-refractivity contribution in [2.24, 2.45) is 0 Å². The molecule has 2 aromatic heterocycles. The van der Waals surface area contributed by atoms with Gasteiger partial charge < -0.3 is 14.1 Å². The van der Waals surface area contributed by atoms with Crippen LogP contribution in [0, 0.1) is 0 Å². The van der Waals surface area contributed by atoms with E-state index >= 15 is 0 Å². The summed E-state index contributed by atoms with van der Waals surface area (Å²) in [6, 6.07) is 14.7. The molecule has 0 saturated carbocycles. The highest BCUT2D eigenvalue weighted by Gasteiger charge is 2.31. The van der Waals surface area contributed by atoms with Crippen LogP contribution in [0.1, 0.15) is 10.4 Å². The Hall–Kier alpha value is -3.85. The number of ether oxygens (including phenoxy) is 1. The average molecular weight is 435 g/mol. The van der Waals surface area contributed by atoms with Crippen molar-refractivity contribution in [1.29, 1.82) is 0 Å². The zero-order valence-corrected chi connectivity index (χ0v) is 17.4. The second kappa shape index (κ2) is 6.85. The maximum Gasteiger partial charge on any atom is 0.265 e. The number of hydrogen-bond donors (Lipinski definition) is 1. The number of anilines is 2. The van der Waals surface area contributed by atoms with Gasteiger partial charge in [-0.1, -0.05) is 12.1 Å². The van der Waals surface area contributed by atoms with E-state index in [0.717, 1.165) is 0 Å². The van der Waals surface area contributed by atoms with Gasteiger partial charge in [0.2, 0.25) is 0 Å². The molecule has 9 heteroatoms. The van der Waals surface area contributed by atoms with Crippen molar-refractivity contribution in [3.63, 3.8) is 0 Å². The number of nitrogens with zero attached hydrogens (tertiary/aromatic N) is 2. The van der Waals surface area contributed by atoms with Gasteiger partial charge in [-0.25, -0.2) is 13.4 Å². The molecule has 0 radical (unpaired) electrons. The van der Waals surface area contributed by atoms with Crippen molar-refractivity contribution in [2.45, 2.75) is 4.90 Å². The number of sulfonamides is 1. The molecule has 156 valence electrons. The van der Waals surface area contributed by atoms with Gasteiger partial charge in [0.15, 0.2) is 5.76 Å². The Kier molecular flexibility index (Phi) is 4.23. The summed E-state index contributed by atoms with van der Waals surface area (Å²) in [6.45, 7) is 0. The lowest BCUT2D eigenvalue weighted by Crippen LogP contribution is -2.20. The Bertz CT molecular complexity index is 1450. The zero-order chi connectivity index (χ0) is 21.8. The normalized spacial score (nSPS) is 13.1. The summed E-state index contributed by atoms with van der Waals surface area (Å²) in [5.74, 6) is 0.504. The number of carbonyl (C=O) groups is 1. The van der Waals surface area contributed by atoms with E-state index in [1.807, 2.05) is 0 Å². The SMILES string of the molecule is COc1ccccc1S(=O)(=O)Nc1ccc2c3c(cc(-c4ccco4)nc13)C(=O)N2C. The third kappa shape index (κ3) is 2.93. The first-order valence-electron chi connectivity index (χ1n) is 9.36. The highest BCUT2D eigenvalue weighted by Crippen LogP contribution is 2.41. The molecule has 0 spiro atoms. The molecule has 4 aromatic rings. The molecule has 3 heterocycles. The highest BCUT2D eigenvalue weighted by molar-refractivity contribution is 7.92. The summed E-state index contributed by atoms with van der Waals surface area (Å²) < 4.78 is 39.5. The first-order valence-corrected chi connectivity index (χ1v) is 10.8. The molecule has 0 saturated heterocycles. The molecule has 0 fully saturated rings. The number of rotatable bonds is 5. The number of pyridine rings is 1. The molecule has 8 nitrogen and oxygen atoms in total. The summed E-state index contributed by atoms with van der Waals surface area (Å²) in [6.07, 6.45) is 1.51. The second-order valence-corrected chi connectivity index (χ2v) is 8.66. The van der Waals surface area contributed by atoms with E-state index in [4.69, 9.17) is 9.15 Å². The van der Waals surface area contributed by atoms with Crippen molar-refractivity contribution in [3.05, 3.63) is 66.4 Å². The van der Waals surface area contributed by atoms with Crippen LogP contribution in [0.15, 0.2) is 70.2 Å². The topological polar surface area (TPSA) is 102 Å². The molecule has 0 aliphatic carbocycles. The maximum absolute atomic E-state index is 13.1. The van der Waals surface area contributed by atoms with E-state index < -0.39 is 10.0 Å². The van der Waals surface area contributed by atoms with Crippen LogP contribution < -0.4 is 14.4 Å². The first kappa shape index (κ1) is 19.1. The van der Waals surface area contributed by atoms with Crippen LogP contribution in [0.25, 0.3) is 22.4 Å². The van der Waals surface area contributed by atoms with Gasteiger partial charge in [-0.2, -0.15) is 0 Å². The second-order valence-electron chi connectivity index (χ2n) is 7.01. The van der Waals surface area contributed by atoms with E-state index in [2.05, 4.69) is 9.71 Å². The van der Waals surface area contributed by atoms with Crippen LogP contribution in [0.5, 0.6) is 5.75 Å². The lowest BCUT2D eigenvalue weighted by molar-refractivity contribution is 0.0999. The van der Waals surface area contributed by atoms with Crippen molar-refractivity contribution in [3.8, 4) is 17.2 Å². The lowest BCUT2D eigenvalue weighted by atomic mass is 10.1. The van der Waals surface area contributed by atoms with Gasteiger partial charge in [-0.05, 0) is 42.5 Å². The number of para-hydroxylation sites is 1. The fraction of sp³-hybridized carbons (Fsp3) is 0.0909. The number of amides is 1. The number of aromatic nitrogens is 1. The van der Waals surface area contributed by atoms with E-state index in [-0.39, 0.29) is 22.2 Å². The summed E-state index contributed by atoms with van der Waals surface area (Å²) in [4.78, 5) is 19.0. The van der Waals surface area contributed by atoms with Crippen LogP contribution >= 0.6 is 0 Å². The number of benzene rings is 2. The predicted molar refractivity (Wildman–Crippen MR) is 116 cm³/mol. The van der Waals surface area contributed by atoms with Crippen LogP contribution in [0.4, 0.5) is 11.4 Å². The van der Waals surface area contributed by atoms with Gasteiger partial charge in [0.1, 0.15) is 16.3 Å². The Labute approximate surface area is 178 Å². The Morgan fingerprint density at radius 3 is 2.65 bits per heavy atom. The highest BCUT2D eigenvalue weighted by atomic mass is 32.2. The quantitative estimate of drug-likeness (QED) is 0.510. The van der Waals surface area contributed by atoms with Crippen LogP contribution in [-0.4, -0.2) is 33.5 Å². The largest absolute Gasteiger partial charge is 0.495 e. The third-order valence-corrected chi connectivity index (χ3v) is 6.62. The van der Waals surface area contributed by atoms with Crippen molar-refractivity contribution in [2.75, 3.05) is 23.8 Å². The molecule has 2 aromatic carbocycles. The number of furan rings is 1. The van der Waals surface area contributed by atoms with Gasteiger partial charge in [0, 0.05) is 12.4 Å². The first-order chi connectivity index (χ1) is 14.9. The van der Waals surface area contributed by atoms with Crippen LogP contribution in [0.2, 0.25) is 0 Å².